The van der Waals surface area contributed by atoms with E-state index in [0.29, 0.717) is 12.2 Å². The van der Waals surface area contributed by atoms with Gasteiger partial charge in [0.25, 0.3) is 0 Å². The third-order valence-electron chi connectivity index (χ3n) is 3.71. The van der Waals surface area contributed by atoms with Crippen LogP contribution in [-0.4, -0.2) is 27.5 Å². The first-order valence-electron chi connectivity index (χ1n) is 7.27. The highest BCUT2D eigenvalue weighted by Crippen LogP contribution is 2.21. The molecule has 0 radical (unpaired) electrons. The van der Waals surface area contributed by atoms with Gasteiger partial charge in [0.2, 0.25) is 0 Å². The third kappa shape index (κ3) is 4.05. The smallest absolute Gasteiger partial charge is 0.0775 e. The second-order valence-corrected chi connectivity index (χ2v) is 6.69. The Hall–Kier alpha value is -0.870. The van der Waals surface area contributed by atoms with Crippen LogP contribution < -0.4 is 5.32 Å². The van der Waals surface area contributed by atoms with Gasteiger partial charge in [-0.2, -0.15) is 5.10 Å². The van der Waals surface area contributed by atoms with Crippen LogP contribution in [0.5, 0.6) is 0 Å². The van der Waals surface area contributed by atoms with E-state index in [4.69, 9.17) is 4.74 Å². The predicted octanol–water partition coefficient (Wildman–Crippen LogP) is 2.65. The van der Waals surface area contributed by atoms with Crippen molar-refractivity contribution in [2.24, 2.45) is 0 Å². The summed E-state index contributed by atoms with van der Waals surface area (Å²) in [7, 11) is 0. The van der Waals surface area contributed by atoms with Gasteiger partial charge in [0.05, 0.1) is 24.9 Å². The molecule has 108 valence electrons. The van der Waals surface area contributed by atoms with Gasteiger partial charge >= 0.3 is 0 Å². The molecule has 2 atom stereocenters. The Morgan fingerprint density at radius 3 is 2.74 bits per heavy atom. The van der Waals surface area contributed by atoms with Crippen molar-refractivity contribution in [3.05, 3.63) is 17.5 Å². The van der Waals surface area contributed by atoms with E-state index >= 15 is 0 Å². The Bertz CT molecular complexity index is 420. The predicted molar refractivity (Wildman–Crippen MR) is 77.1 cm³/mol. The van der Waals surface area contributed by atoms with Crippen molar-refractivity contribution in [2.45, 2.75) is 78.3 Å². The largest absolute Gasteiger partial charge is 0.373 e. The van der Waals surface area contributed by atoms with Gasteiger partial charge < -0.3 is 10.1 Å². The molecule has 1 fully saturated rings. The van der Waals surface area contributed by atoms with E-state index in [9.17, 15) is 0 Å². The molecule has 0 saturated carbocycles. The summed E-state index contributed by atoms with van der Waals surface area (Å²) in [4.78, 5) is 0. The summed E-state index contributed by atoms with van der Waals surface area (Å²) >= 11 is 0. The molecule has 0 aromatic carbocycles. The first-order valence-corrected chi connectivity index (χ1v) is 7.27. The Kier molecular flexibility index (Phi) is 4.31. The molecule has 2 unspecified atom stereocenters. The molecular formula is C15H27N3O. The molecule has 1 aromatic rings. The summed E-state index contributed by atoms with van der Waals surface area (Å²) in [5.74, 6) is 0. The minimum Gasteiger partial charge on any atom is -0.373 e. The molecule has 19 heavy (non-hydrogen) atoms. The average Bonchev–Trinajstić information content (AvgIpc) is 2.85. The number of rotatable bonds is 4. The zero-order valence-electron chi connectivity index (χ0n) is 12.9. The van der Waals surface area contributed by atoms with Gasteiger partial charge in [-0.3, -0.25) is 4.68 Å². The fourth-order valence-electron chi connectivity index (χ4n) is 2.42. The van der Waals surface area contributed by atoms with Crippen LogP contribution in [0.3, 0.4) is 0 Å². The minimum absolute atomic E-state index is 0.137. The van der Waals surface area contributed by atoms with Crippen LogP contribution in [-0.2, 0) is 17.8 Å². The summed E-state index contributed by atoms with van der Waals surface area (Å²) in [5.41, 5.74) is 2.67. The molecular weight excluding hydrogens is 238 g/mol. The van der Waals surface area contributed by atoms with E-state index in [1.807, 2.05) is 6.20 Å². The maximum Gasteiger partial charge on any atom is 0.0775 e. The van der Waals surface area contributed by atoms with Gasteiger partial charge in [0, 0.05) is 23.3 Å². The van der Waals surface area contributed by atoms with Crippen molar-refractivity contribution in [3.63, 3.8) is 0 Å². The highest BCUT2D eigenvalue weighted by atomic mass is 16.5. The Labute approximate surface area is 116 Å². The Morgan fingerprint density at radius 2 is 2.16 bits per heavy atom. The Morgan fingerprint density at radius 1 is 1.42 bits per heavy atom. The lowest BCUT2D eigenvalue weighted by Gasteiger charge is -2.20. The topological polar surface area (TPSA) is 39.1 Å². The van der Waals surface area contributed by atoms with Crippen LogP contribution in [0.25, 0.3) is 0 Å². The number of aromatic nitrogens is 2. The monoisotopic (exact) mass is 265 g/mol. The van der Waals surface area contributed by atoms with E-state index in [1.165, 1.54) is 17.7 Å². The molecule has 1 aliphatic heterocycles. The van der Waals surface area contributed by atoms with Crippen LogP contribution in [0.15, 0.2) is 6.20 Å². The second-order valence-electron chi connectivity index (χ2n) is 6.69. The Balaban J connectivity index is 1.94. The summed E-state index contributed by atoms with van der Waals surface area (Å²) < 4.78 is 7.95. The van der Waals surface area contributed by atoms with Crippen LogP contribution in [0.1, 0.15) is 51.8 Å². The molecule has 1 saturated heterocycles. The maximum absolute atomic E-state index is 5.87. The molecule has 0 bridgehead atoms. The molecule has 1 N–H and O–H groups in total. The van der Waals surface area contributed by atoms with Crippen LogP contribution in [0.2, 0.25) is 0 Å². The highest BCUT2D eigenvalue weighted by Gasteiger charge is 2.23. The van der Waals surface area contributed by atoms with Crippen LogP contribution >= 0.6 is 0 Å². The van der Waals surface area contributed by atoms with Crippen molar-refractivity contribution in [1.29, 1.82) is 0 Å². The number of nitrogens with zero attached hydrogens (tertiary/aromatic N) is 2. The molecule has 0 amide bonds. The lowest BCUT2D eigenvalue weighted by Crippen LogP contribution is -2.35. The lowest BCUT2D eigenvalue weighted by molar-refractivity contribution is 0.0433. The molecule has 2 rings (SSSR count). The number of hydrogen-bond donors (Lipinski definition) is 1. The number of hydrogen-bond acceptors (Lipinski definition) is 3. The molecule has 4 nitrogen and oxygen atoms in total. The minimum atomic E-state index is 0.137. The summed E-state index contributed by atoms with van der Waals surface area (Å²) in [6.07, 6.45) is 5.03. The molecule has 1 aliphatic rings. The van der Waals surface area contributed by atoms with Gasteiger partial charge in [0.15, 0.2) is 0 Å². The molecule has 0 spiro atoms. The number of nitrogens with one attached hydrogen (secondary N) is 1. The van der Waals surface area contributed by atoms with Crippen molar-refractivity contribution in [2.75, 3.05) is 0 Å². The van der Waals surface area contributed by atoms with Gasteiger partial charge in [0.1, 0.15) is 0 Å². The molecule has 1 aromatic heterocycles. The van der Waals surface area contributed by atoms with Crippen molar-refractivity contribution >= 4 is 0 Å². The van der Waals surface area contributed by atoms with Crippen LogP contribution in [0.4, 0.5) is 0 Å². The summed E-state index contributed by atoms with van der Waals surface area (Å²) in [5, 5.41) is 8.01. The normalized spacial score (nSPS) is 24.1. The third-order valence-corrected chi connectivity index (χ3v) is 3.71. The summed E-state index contributed by atoms with van der Waals surface area (Å²) in [6.45, 7) is 12.6. The second kappa shape index (κ2) is 5.63. The average molecular weight is 265 g/mol. The zero-order chi connectivity index (χ0) is 14.0. The van der Waals surface area contributed by atoms with E-state index in [-0.39, 0.29) is 5.54 Å². The fourth-order valence-corrected chi connectivity index (χ4v) is 2.42. The molecule has 2 heterocycles. The first-order chi connectivity index (χ1) is 8.85. The van der Waals surface area contributed by atoms with E-state index in [0.717, 1.165) is 19.5 Å². The van der Waals surface area contributed by atoms with Gasteiger partial charge in [-0.15, -0.1) is 0 Å². The van der Waals surface area contributed by atoms with E-state index < -0.39 is 0 Å². The fraction of sp³-hybridized carbons (Fsp3) is 0.800. The molecule has 4 heteroatoms. The molecule has 0 aliphatic carbocycles. The van der Waals surface area contributed by atoms with Gasteiger partial charge in [-0.05, 0) is 47.5 Å². The van der Waals surface area contributed by atoms with Gasteiger partial charge in [-0.1, -0.05) is 0 Å². The summed E-state index contributed by atoms with van der Waals surface area (Å²) in [6, 6.07) is 0. The zero-order valence-corrected chi connectivity index (χ0v) is 12.9. The lowest BCUT2D eigenvalue weighted by atomic mass is 10.1. The van der Waals surface area contributed by atoms with E-state index in [2.05, 4.69) is 49.7 Å². The van der Waals surface area contributed by atoms with Crippen molar-refractivity contribution in [3.8, 4) is 0 Å². The van der Waals surface area contributed by atoms with Crippen molar-refractivity contribution < 1.29 is 4.74 Å². The van der Waals surface area contributed by atoms with Crippen LogP contribution in [0, 0.1) is 6.92 Å². The standard InChI is InChI=1S/C15H27N3O/c1-11-6-7-14(19-11)10-18-12(2)13(9-17-18)8-16-15(3,4)5/h9,11,14,16H,6-8,10H2,1-5H3. The first kappa shape index (κ1) is 14.5. The van der Waals surface area contributed by atoms with Gasteiger partial charge in [-0.25, -0.2) is 0 Å². The number of ether oxygens (including phenoxy) is 1. The quantitative estimate of drug-likeness (QED) is 0.909. The van der Waals surface area contributed by atoms with E-state index in [1.54, 1.807) is 0 Å². The highest BCUT2D eigenvalue weighted by molar-refractivity contribution is 5.16. The SMILES string of the molecule is Cc1c(CNC(C)(C)C)cnn1CC1CCC(C)O1. The van der Waals surface area contributed by atoms with Crippen molar-refractivity contribution in [1.82, 2.24) is 15.1 Å². The maximum atomic E-state index is 5.87.